The first-order valence-corrected chi connectivity index (χ1v) is 27.0. The molecule has 3 atom stereocenters. The Morgan fingerprint density at radius 3 is 2.58 bits per heavy atom. The number of hydrogen-bond donors (Lipinski definition) is 4. The van der Waals surface area contributed by atoms with Crippen LogP contribution in [-0.4, -0.2) is 109 Å². The number of pyridine rings is 1. The van der Waals surface area contributed by atoms with Gasteiger partial charge in [0.1, 0.15) is 28.9 Å². The fraction of sp³-hybridized carbons (Fsp3) is 0.509. The number of aromatic amines is 1. The number of likely N-dealkylation sites (tertiary alicyclic amines) is 1. The molecule has 374 valence electrons. The number of ether oxygens (including phenoxy) is 3. The SMILES string of the molecule is C[C@]1(O)CC[C@H](CNc2ccc(S(=O)(=O)NC(=O)c3ccc(N4CCC5(CC4)CC(N4CCCC[C@]46CCOc4ccccc46)C5)cc3N3c4cc5cc[nH]c5nc4O[C@@H]4COC[C@H]43)cc2[N+](=O)[O-])CC1. The molecular formula is C53H62N8O9S. The zero-order valence-corrected chi connectivity index (χ0v) is 40.9. The average Bonchev–Trinajstić information content (AvgIpc) is 4.03. The molecule has 71 heavy (non-hydrogen) atoms. The molecule has 0 unspecified atom stereocenters. The summed E-state index contributed by atoms with van der Waals surface area (Å²) in [6.07, 6.45) is 13.3. The van der Waals surface area contributed by atoms with E-state index in [-0.39, 0.29) is 34.2 Å². The first-order valence-electron chi connectivity index (χ1n) is 25.5. The van der Waals surface area contributed by atoms with Crippen LogP contribution in [0.4, 0.5) is 28.4 Å². The van der Waals surface area contributed by atoms with Gasteiger partial charge < -0.3 is 39.4 Å². The van der Waals surface area contributed by atoms with E-state index in [0.717, 1.165) is 81.2 Å². The molecular weight excluding hydrogens is 925 g/mol. The molecule has 18 heteroatoms. The van der Waals surface area contributed by atoms with Crippen molar-refractivity contribution in [3.8, 4) is 11.6 Å². The third-order valence-electron chi connectivity index (χ3n) is 17.2. The van der Waals surface area contributed by atoms with E-state index < -0.39 is 43.1 Å². The Kier molecular flexibility index (Phi) is 11.5. The van der Waals surface area contributed by atoms with Crippen molar-refractivity contribution < 1.29 is 37.5 Å². The lowest BCUT2D eigenvalue weighted by atomic mass is 9.58. The van der Waals surface area contributed by atoms with Gasteiger partial charge >= 0.3 is 0 Å². The third kappa shape index (κ3) is 8.33. The maximum atomic E-state index is 14.7. The van der Waals surface area contributed by atoms with Crippen LogP contribution in [0.3, 0.4) is 0 Å². The number of fused-ring (bicyclic) bond motifs is 5. The van der Waals surface area contributed by atoms with Crippen LogP contribution in [-0.2, 0) is 20.3 Å². The molecule has 12 rings (SSSR count). The summed E-state index contributed by atoms with van der Waals surface area (Å²) in [5.41, 5.74) is 3.44. The highest BCUT2D eigenvalue weighted by Crippen LogP contribution is 2.57. The Hall–Kier alpha value is -5.95. The lowest BCUT2D eigenvalue weighted by Crippen LogP contribution is -2.62. The molecule has 3 saturated heterocycles. The number of anilines is 4. The Balaban J connectivity index is 0.815. The number of hydrogen-bond acceptors (Lipinski definition) is 14. The van der Waals surface area contributed by atoms with Crippen LogP contribution in [0, 0.1) is 21.4 Å². The van der Waals surface area contributed by atoms with Gasteiger partial charge in [-0.05, 0) is 144 Å². The highest BCUT2D eigenvalue weighted by Gasteiger charge is 2.54. The fourth-order valence-corrected chi connectivity index (χ4v) is 14.2. The second-order valence-electron chi connectivity index (χ2n) is 21.6. The van der Waals surface area contributed by atoms with Crippen molar-refractivity contribution in [1.29, 1.82) is 0 Å². The maximum absolute atomic E-state index is 14.7. The van der Waals surface area contributed by atoms with Gasteiger partial charge in [0, 0.05) is 61.0 Å². The molecule has 2 aliphatic carbocycles. The highest BCUT2D eigenvalue weighted by atomic mass is 32.2. The predicted octanol–water partition coefficient (Wildman–Crippen LogP) is 8.15. The number of benzene rings is 3. The minimum atomic E-state index is -4.62. The van der Waals surface area contributed by atoms with E-state index in [2.05, 4.69) is 49.1 Å². The summed E-state index contributed by atoms with van der Waals surface area (Å²) in [6, 6.07) is 21.9. The van der Waals surface area contributed by atoms with Crippen LogP contribution in [0.2, 0.25) is 0 Å². The van der Waals surface area contributed by atoms with E-state index in [1.165, 1.54) is 49.8 Å². The van der Waals surface area contributed by atoms with Crippen LogP contribution in [0.15, 0.2) is 83.9 Å². The van der Waals surface area contributed by atoms with Crippen molar-refractivity contribution >= 4 is 55.4 Å². The van der Waals surface area contributed by atoms with Gasteiger partial charge in [0.2, 0.25) is 5.88 Å². The second-order valence-corrected chi connectivity index (χ2v) is 23.3. The summed E-state index contributed by atoms with van der Waals surface area (Å²) in [5, 5.41) is 26.7. The smallest absolute Gasteiger partial charge is 0.293 e. The molecule has 4 N–H and O–H groups in total. The topological polar surface area (TPSA) is 205 Å². The van der Waals surface area contributed by atoms with Crippen molar-refractivity contribution in [1.82, 2.24) is 19.6 Å². The van der Waals surface area contributed by atoms with Gasteiger partial charge in [-0.1, -0.05) is 18.2 Å². The predicted molar refractivity (Wildman–Crippen MR) is 268 cm³/mol. The van der Waals surface area contributed by atoms with Gasteiger partial charge in [-0.3, -0.25) is 19.8 Å². The summed E-state index contributed by atoms with van der Waals surface area (Å²) in [6.45, 7) is 6.40. The van der Waals surface area contributed by atoms with E-state index in [1.807, 2.05) is 36.1 Å². The van der Waals surface area contributed by atoms with E-state index >= 15 is 0 Å². The number of piperidine rings is 2. The lowest BCUT2D eigenvalue weighted by Gasteiger charge is -2.61. The number of para-hydroxylation sites is 1. The Bertz CT molecular complexity index is 2990. The number of carbonyl (C=O) groups is 1. The zero-order chi connectivity index (χ0) is 48.7. The first-order chi connectivity index (χ1) is 34.3. The van der Waals surface area contributed by atoms with Crippen LogP contribution in [0.1, 0.15) is 99.9 Å². The summed E-state index contributed by atoms with van der Waals surface area (Å²) < 4.78 is 49.2. The van der Waals surface area contributed by atoms with Crippen LogP contribution in [0.5, 0.6) is 11.6 Å². The summed E-state index contributed by atoms with van der Waals surface area (Å²) in [5.74, 6) is 0.718. The second kappa shape index (κ2) is 17.7. The Morgan fingerprint density at radius 1 is 0.944 bits per heavy atom. The minimum Gasteiger partial charge on any atom is -0.493 e. The number of amides is 1. The molecule has 2 saturated carbocycles. The highest BCUT2D eigenvalue weighted by molar-refractivity contribution is 7.90. The fourth-order valence-electron chi connectivity index (χ4n) is 13.2. The number of nitrogens with one attached hydrogen (secondary N) is 3. The minimum absolute atomic E-state index is 0.0355. The van der Waals surface area contributed by atoms with E-state index in [1.54, 1.807) is 12.3 Å². The standard InChI is InChI=1S/C53H62N8O9S/c1-51(63)16-12-34(13-17-51)31-55-41-11-9-38(28-43(41)61(64)65)71(66,67)57-49(62)39-10-8-36(27-42(39)60-44-26-35-14-21-54-48(35)56-50(44)70-47-33-68-32-45(47)60)58-23-18-52(19-24-58)29-37(30-52)59-22-5-4-15-53(59)20-25-69-46-7-3-2-6-40(46)53/h2-3,6-11,14,21,26-28,34,37,45,47,55,63H,4-5,12-13,15-20,22-25,29-33H2,1H3,(H,54,56)(H,57,62)/t34-,45-,47-,51-,53-/m1/s1. The van der Waals surface area contributed by atoms with Gasteiger partial charge in [-0.15, -0.1) is 0 Å². The molecule has 2 spiro atoms. The largest absolute Gasteiger partial charge is 0.493 e. The van der Waals surface area contributed by atoms with Crippen molar-refractivity contribution in [3.63, 3.8) is 0 Å². The molecule has 7 aliphatic rings. The van der Waals surface area contributed by atoms with Gasteiger partial charge in [0.25, 0.3) is 21.6 Å². The van der Waals surface area contributed by atoms with E-state index in [0.29, 0.717) is 61.5 Å². The van der Waals surface area contributed by atoms with Gasteiger partial charge in [-0.2, -0.15) is 4.98 Å². The normalized spacial score (nSPS) is 27.3. The van der Waals surface area contributed by atoms with Crippen molar-refractivity contribution in [2.45, 2.75) is 118 Å². The molecule has 0 radical (unpaired) electrons. The van der Waals surface area contributed by atoms with Crippen molar-refractivity contribution in [2.24, 2.45) is 11.3 Å². The monoisotopic (exact) mass is 986 g/mol. The molecule has 17 nitrogen and oxygen atoms in total. The Morgan fingerprint density at radius 2 is 1.76 bits per heavy atom. The van der Waals surface area contributed by atoms with Gasteiger partial charge in [0.05, 0.1) is 58.1 Å². The van der Waals surface area contributed by atoms with Gasteiger partial charge in [0.15, 0.2) is 0 Å². The molecule has 5 aromatic rings. The number of H-pyrrole nitrogens is 1. The Labute approximate surface area is 413 Å². The molecule has 2 aromatic heterocycles. The quantitative estimate of drug-likeness (QED) is 0.0771. The van der Waals surface area contributed by atoms with Crippen LogP contribution >= 0.6 is 0 Å². The number of nitro benzene ring substituents is 1. The third-order valence-corrected chi connectivity index (χ3v) is 18.5. The van der Waals surface area contributed by atoms with Crippen LogP contribution in [0.25, 0.3) is 11.0 Å². The van der Waals surface area contributed by atoms with Crippen molar-refractivity contribution in [3.05, 3.63) is 100 Å². The molecule has 5 aliphatic heterocycles. The number of aromatic nitrogens is 2. The number of aliphatic hydroxyl groups is 1. The molecule has 1 amide bonds. The average molecular weight is 987 g/mol. The molecule has 0 bridgehead atoms. The number of sulfonamides is 1. The molecule has 5 fully saturated rings. The van der Waals surface area contributed by atoms with E-state index in [9.17, 15) is 28.4 Å². The number of rotatable bonds is 10. The maximum Gasteiger partial charge on any atom is 0.293 e. The number of nitro groups is 1. The number of nitrogens with zero attached hydrogens (tertiary/aromatic N) is 5. The molecule has 7 heterocycles. The summed E-state index contributed by atoms with van der Waals surface area (Å²) in [4.78, 5) is 41.2. The molecule has 3 aromatic carbocycles. The van der Waals surface area contributed by atoms with E-state index in [4.69, 9.17) is 19.2 Å². The lowest BCUT2D eigenvalue weighted by molar-refractivity contribution is -0.384. The summed E-state index contributed by atoms with van der Waals surface area (Å²) in [7, 11) is -4.62. The van der Waals surface area contributed by atoms with Gasteiger partial charge in [-0.25, -0.2) is 13.1 Å². The first kappa shape index (κ1) is 46.1. The van der Waals surface area contributed by atoms with Crippen molar-refractivity contribution in [2.75, 3.05) is 61.1 Å². The summed E-state index contributed by atoms with van der Waals surface area (Å²) >= 11 is 0. The zero-order valence-electron chi connectivity index (χ0n) is 40.1. The number of carbonyl (C=O) groups excluding carboxylic acids is 1. The van der Waals surface area contributed by atoms with Crippen LogP contribution < -0.4 is 29.3 Å².